The summed E-state index contributed by atoms with van der Waals surface area (Å²) in [5.41, 5.74) is 4.00. The molecule has 0 saturated heterocycles. The van der Waals surface area contributed by atoms with Crippen LogP contribution in [0.3, 0.4) is 0 Å². The molecule has 3 heteroatoms. The second-order valence-electron chi connectivity index (χ2n) is 5.76. The number of rotatable bonds is 3. The van der Waals surface area contributed by atoms with E-state index in [2.05, 4.69) is 0 Å². The molecule has 0 fully saturated rings. The molecule has 24 heavy (non-hydrogen) atoms. The van der Waals surface area contributed by atoms with E-state index in [1.165, 1.54) is 17.7 Å². The normalized spacial score (nSPS) is 10.5. The molecule has 0 aliphatic carbocycles. The van der Waals surface area contributed by atoms with Gasteiger partial charge in [0.15, 0.2) is 0 Å². The van der Waals surface area contributed by atoms with Gasteiger partial charge in [0, 0.05) is 0 Å². The highest BCUT2D eigenvalue weighted by Crippen LogP contribution is 2.23. The highest BCUT2D eigenvalue weighted by atomic mass is 19.1. The van der Waals surface area contributed by atoms with Gasteiger partial charge in [-0.2, -0.15) is 0 Å². The number of aryl methyl sites for hydroxylation is 2. The second-order valence-corrected chi connectivity index (χ2v) is 5.76. The van der Waals surface area contributed by atoms with Gasteiger partial charge in [-0.15, -0.1) is 0 Å². The van der Waals surface area contributed by atoms with Gasteiger partial charge in [0.25, 0.3) is 0 Å². The van der Waals surface area contributed by atoms with Crippen molar-refractivity contribution in [1.82, 2.24) is 0 Å². The standard InChI is InChI=1S/C21H17FO2/c1-14-3-6-16(7-4-14)17-8-10-18(11-9-17)24-21(23)19-12-5-15(2)13-20(19)22/h3-13H,1-2H3. The molecule has 120 valence electrons. The van der Waals surface area contributed by atoms with Crippen LogP contribution >= 0.6 is 0 Å². The molecule has 0 aliphatic heterocycles. The third-order valence-electron chi connectivity index (χ3n) is 3.79. The molecule has 0 atom stereocenters. The predicted octanol–water partition coefficient (Wildman–Crippen LogP) is 5.33. The van der Waals surface area contributed by atoms with Crippen LogP contribution in [0.2, 0.25) is 0 Å². The number of hydrogen-bond acceptors (Lipinski definition) is 2. The van der Waals surface area contributed by atoms with Gasteiger partial charge in [0.1, 0.15) is 11.6 Å². The van der Waals surface area contributed by atoms with E-state index in [1.54, 1.807) is 25.1 Å². The topological polar surface area (TPSA) is 26.3 Å². The first-order valence-corrected chi connectivity index (χ1v) is 7.68. The number of hydrogen-bond donors (Lipinski definition) is 0. The van der Waals surface area contributed by atoms with Crippen LogP contribution in [0.4, 0.5) is 4.39 Å². The van der Waals surface area contributed by atoms with Crippen LogP contribution < -0.4 is 4.74 Å². The third kappa shape index (κ3) is 3.51. The van der Waals surface area contributed by atoms with Gasteiger partial charge in [-0.1, -0.05) is 48.0 Å². The van der Waals surface area contributed by atoms with Crippen molar-refractivity contribution in [2.75, 3.05) is 0 Å². The molecule has 2 nitrogen and oxygen atoms in total. The van der Waals surface area contributed by atoms with Crippen molar-refractivity contribution in [2.45, 2.75) is 13.8 Å². The largest absolute Gasteiger partial charge is 0.423 e. The zero-order chi connectivity index (χ0) is 17.1. The fourth-order valence-corrected chi connectivity index (χ4v) is 2.41. The summed E-state index contributed by atoms with van der Waals surface area (Å²) in [6.45, 7) is 3.80. The Morgan fingerprint density at radius 2 is 1.33 bits per heavy atom. The van der Waals surface area contributed by atoms with E-state index in [0.29, 0.717) is 5.75 Å². The van der Waals surface area contributed by atoms with Crippen molar-refractivity contribution in [2.24, 2.45) is 0 Å². The molecule has 3 aromatic rings. The summed E-state index contributed by atoms with van der Waals surface area (Å²) in [5.74, 6) is -0.886. The van der Waals surface area contributed by atoms with E-state index in [1.807, 2.05) is 43.3 Å². The molecular weight excluding hydrogens is 303 g/mol. The molecule has 0 amide bonds. The minimum Gasteiger partial charge on any atom is -0.423 e. The van der Waals surface area contributed by atoms with Gasteiger partial charge in [-0.05, 0) is 54.8 Å². The van der Waals surface area contributed by atoms with Crippen LogP contribution in [0.1, 0.15) is 21.5 Å². The van der Waals surface area contributed by atoms with E-state index in [-0.39, 0.29) is 5.56 Å². The fraction of sp³-hybridized carbons (Fsp3) is 0.0952. The van der Waals surface area contributed by atoms with Gasteiger partial charge in [0.05, 0.1) is 5.56 Å². The van der Waals surface area contributed by atoms with E-state index in [4.69, 9.17) is 4.74 Å². The molecule has 0 unspecified atom stereocenters. The molecule has 0 radical (unpaired) electrons. The molecule has 0 aliphatic rings. The Labute approximate surface area is 140 Å². The first-order chi connectivity index (χ1) is 11.5. The number of carbonyl (C=O) groups excluding carboxylic acids is 1. The Kier molecular flexibility index (Phi) is 4.43. The number of ether oxygens (including phenoxy) is 1. The van der Waals surface area contributed by atoms with Crippen LogP contribution in [0, 0.1) is 19.7 Å². The highest BCUT2D eigenvalue weighted by Gasteiger charge is 2.14. The Balaban J connectivity index is 1.76. The minimum absolute atomic E-state index is 0.0665. The molecular formula is C21H17FO2. The molecule has 0 heterocycles. The van der Waals surface area contributed by atoms with Crippen molar-refractivity contribution in [3.8, 4) is 16.9 Å². The Hall–Kier alpha value is -2.94. The van der Waals surface area contributed by atoms with E-state index in [0.717, 1.165) is 16.7 Å². The van der Waals surface area contributed by atoms with Crippen molar-refractivity contribution in [3.05, 3.63) is 89.2 Å². The zero-order valence-corrected chi connectivity index (χ0v) is 13.5. The lowest BCUT2D eigenvalue weighted by Gasteiger charge is -2.07. The SMILES string of the molecule is Cc1ccc(-c2ccc(OC(=O)c3ccc(C)cc3F)cc2)cc1. The van der Waals surface area contributed by atoms with E-state index in [9.17, 15) is 9.18 Å². The summed E-state index contributed by atoms with van der Waals surface area (Å²) >= 11 is 0. The summed E-state index contributed by atoms with van der Waals surface area (Å²) in [5, 5.41) is 0. The monoisotopic (exact) mass is 320 g/mol. The molecule has 0 aromatic heterocycles. The second kappa shape index (κ2) is 6.67. The molecule has 3 aromatic carbocycles. The van der Waals surface area contributed by atoms with E-state index >= 15 is 0 Å². The highest BCUT2D eigenvalue weighted by molar-refractivity contribution is 5.91. The summed E-state index contributed by atoms with van der Waals surface area (Å²) in [7, 11) is 0. The van der Waals surface area contributed by atoms with Crippen LogP contribution in [0.25, 0.3) is 11.1 Å². The Bertz CT molecular complexity index is 865. The van der Waals surface area contributed by atoms with Gasteiger partial charge in [-0.25, -0.2) is 9.18 Å². The van der Waals surface area contributed by atoms with Crippen LogP contribution in [-0.2, 0) is 0 Å². The maximum atomic E-state index is 13.8. The van der Waals surface area contributed by atoms with Crippen molar-refractivity contribution < 1.29 is 13.9 Å². The lowest BCUT2D eigenvalue weighted by molar-refractivity contribution is 0.0730. The molecule has 0 spiro atoms. The summed E-state index contributed by atoms with van der Waals surface area (Å²) in [4.78, 5) is 12.1. The predicted molar refractivity (Wildman–Crippen MR) is 92.7 cm³/mol. The van der Waals surface area contributed by atoms with Crippen LogP contribution in [-0.4, -0.2) is 5.97 Å². The molecule has 3 rings (SSSR count). The average Bonchev–Trinajstić information content (AvgIpc) is 2.56. The third-order valence-corrected chi connectivity index (χ3v) is 3.79. The van der Waals surface area contributed by atoms with Gasteiger partial charge >= 0.3 is 5.97 Å². The fourth-order valence-electron chi connectivity index (χ4n) is 2.41. The maximum absolute atomic E-state index is 13.8. The number of halogens is 1. The molecule has 0 N–H and O–H groups in total. The Morgan fingerprint density at radius 1 is 0.792 bits per heavy atom. The molecule has 0 saturated carbocycles. The summed E-state index contributed by atoms with van der Waals surface area (Å²) < 4.78 is 19.1. The smallest absolute Gasteiger partial charge is 0.346 e. The van der Waals surface area contributed by atoms with E-state index < -0.39 is 11.8 Å². The lowest BCUT2D eigenvalue weighted by Crippen LogP contribution is -2.10. The van der Waals surface area contributed by atoms with Crippen molar-refractivity contribution >= 4 is 5.97 Å². The zero-order valence-electron chi connectivity index (χ0n) is 13.5. The molecule has 0 bridgehead atoms. The average molecular weight is 320 g/mol. The maximum Gasteiger partial charge on any atom is 0.346 e. The van der Waals surface area contributed by atoms with Crippen LogP contribution in [0.5, 0.6) is 5.75 Å². The Morgan fingerprint density at radius 3 is 1.92 bits per heavy atom. The summed E-state index contributed by atoms with van der Waals surface area (Å²) in [6.07, 6.45) is 0. The number of carbonyl (C=O) groups is 1. The number of benzene rings is 3. The van der Waals surface area contributed by atoms with Crippen LogP contribution in [0.15, 0.2) is 66.7 Å². The first-order valence-electron chi connectivity index (χ1n) is 7.68. The number of esters is 1. The van der Waals surface area contributed by atoms with Crippen molar-refractivity contribution in [3.63, 3.8) is 0 Å². The summed E-state index contributed by atoms with van der Waals surface area (Å²) in [6, 6.07) is 19.8. The van der Waals surface area contributed by atoms with Crippen molar-refractivity contribution in [1.29, 1.82) is 0 Å². The van der Waals surface area contributed by atoms with Gasteiger partial charge < -0.3 is 4.74 Å². The van der Waals surface area contributed by atoms with Gasteiger partial charge in [-0.3, -0.25) is 0 Å². The minimum atomic E-state index is -0.699. The quantitative estimate of drug-likeness (QED) is 0.482. The lowest BCUT2D eigenvalue weighted by atomic mass is 10.0. The van der Waals surface area contributed by atoms with Gasteiger partial charge in [0.2, 0.25) is 0 Å². The first kappa shape index (κ1) is 15.9.